The zero-order chi connectivity index (χ0) is 27.1. The molecule has 11 heteroatoms. The van der Waals surface area contributed by atoms with Crippen molar-refractivity contribution in [2.24, 2.45) is 0 Å². The lowest BCUT2D eigenvalue weighted by Gasteiger charge is -2.40. The number of halogens is 1. The molecule has 4 fully saturated rings. The van der Waals surface area contributed by atoms with Crippen LogP contribution in [0, 0.1) is 0 Å². The van der Waals surface area contributed by atoms with E-state index in [-0.39, 0.29) is 30.7 Å². The number of anilines is 1. The van der Waals surface area contributed by atoms with Gasteiger partial charge >= 0.3 is 0 Å². The summed E-state index contributed by atoms with van der Waals surface area (Å²) in [6.07, 6.45) is 1.12. The van der Waals surface area contributed by atoms with Crippen molar-refractivity contribution >= 4 is 34.1 Å². The van der Waals surface area contributed by atoms with Crippen molar-refractivity contribution < 1.29 is 23.5 Å². The number of rotatable bonds is 5. The van der Waals surface area contributed by atoms with E-state index in [4.69, 9.17) is 9.72 Å². The molecule has 1 aromatic heterocycles. The van der Waals surface area contributed by atoms with Crippen LogP contribution in [0.4, 0.5) is 9.52 Å². The van der Waals surface area contributed by atoms with Crippen LogP contribution >= 0.6 is 11.3 Å². The van der Waals surface area contributed by atoms with Gasteiger partial charge in [0.25, 0.3) is 5.91 Å². The van der Waals surface area contributed by atoms with Crippen molar-refractivity contribution in [3.8, 4) is 11.3 Å². The van der Waals surface area contributed by atoms with Gasteiger partial charge in [-0.1, -0.05) is 31.4 Å². The van der Waals surface area contributed by atoms with E-state index in [0.717, 1.165) is 61.8 Å². The molecule has 2 amide bonds. The van der Waals surface area contributed by atoms with E-state index in [1.54, 1.807) is 23.5 Å². The Morgan fingerprint density at radius 3 is 2.54 bits per heavy atom. The van der Waals surface area contributed by atoms with Crippen LogP contribution in [-0.4, -0.2) is 103 Å². The Hall–Kier alpha value is -2.89. The number of hydrogen-bond acceptors (Lipinski definition) is 8. The lowest BCUT2D eigenvalue weighted by molar-refractivity contribution is -0.143. The van der Waals surface area contributed by atoms with Crippen LogP contribution in [0.2, 0.25) is 0 Å². The van der Waals surface area contributed by atoms with E-state index < -0.39 is 23.9 Å². The molecule has 0 spiro atoms. The number of benzene rings is 1. The molecule has 1 aliphatic carbocycles. The molecule has 3 atom stereocenters. The standard InChI is InChI=1S/C28H34FN5O4S/c1-32-11-13-33(14-12-32)27-30-21(17-39-27)18-5-7-19(8-6-18)25(36)31-28(9-3-2-4-10-28)26(37)34-15-20(29)24-23(34)22(35)16-38-24/h5-8,17,20,23-24H,2-4,9-16H2,1H3,(H,31,36)/t20-,23+,24+/m0/s1. The van der Waals surface area contributed by atoms with Crippen LogP contribution in [-0.2, 0) is 14.3 Å². The monoisotopic (exact) mass is 555 g/mol. The number of likely N-dealkylation sites (tertiary alicyclic amines) is 1. The van der Waals surface area contributed by atoms with Gasteiger partial charge in [0.15, 0.2) is 10.9 Å². The molecule has 2 aromatic rings. The highest BCUT2D eigenvalue weighted by Crippen LogP contribution is 2.36. The molecule has 3 aliphatic heterocycles. The highest BCUT2D eigenvalue weighted by atomic mass is 32.1. The number of thiazole rings is 1. The van der Waals surface area contributed by atoms with Crippen molar-refractivity contribution in [2.75, 3.05) is 51.3 Å². The molecule has 39 heavy (non-hydrogen) atoms. The molecule has 1 saturated carbocycles. The quantitative estimate of drug-likeness (QED) is 0.606. The average molecular weight is 556 g/mol. The number of carbonyl (C=O) groups is 3. The number of fused-ring (bicyclic) bond motifs is 1. The fourth-order valence-corrected chi connectivity index (χ4v) is 7.14. The van der Waals surface area contributed by atoms with Gasteiger partial charge in [0.2, 0.25) is 5.91 Å². The van der Waals surface area contributed by atoms with Gasteiger partial charge in [-0.15, -0.1) is 11.3 Å². The van der Waals surface area contributed by atoms with Crippen LogP contribution in [0.1, 0.15) is 42.5 Å². The van der Waals surface area contributed by atoms with E-state index in [1.807, 2.05) is 17.5 Å². The Labute approximate surface area is 231 Å². The SMILES string of the molecule is CN1CCN(c2nc(-c3ccc(C(=O)NC4(C(=O)N5C[C@H](F)[C@H]6OCC(=O)[C@H]65)CCCCC4)cc3)cs2)CC1. The zero-order valence-corrected chi connectivity index (χ0v) is 22.9. The predicted octanol–water partition coefficient (Wildman–Crippen LogP) is 2.51. The number of alkyl halides is 1. The first-order chi connectivity index (χ1) is 18.8. The number of Topliss-reactive ketones (excluding diaryl/α,β-unsaturated/α-hetero) is 1. The first-order valence-corrected chi connectivity index (χ1v) is 14.6. The molecule has 208 valence electrons. The Morgan fingerprint density at radius 1 is 1.10 bits per heavy atom. The molecule has 6 rings (SSSR count). The summed E-state index contributed by atoms with van der Waals surface area (Å²) in [5.74, 6) is -1.01. The lowest BCUT2D eigenvalue weighted by atomic mass is 9.80. The second-order valence-corrected chi connectivity index (χ2v) is 12.0. The topological polar surface area (TPSA) is 95.1 Å². The number of nitrogens with one attached hydrogen (secondary N) is 1. The maximum absolute atomic E-state index is 14.6. The van der Waals surface area contributed by atoms with Crippen molar-refractivity contribution in [2.45, 2.75) is 56.0 Å². The number of likely N-dealkylation sites (N-methyl/N-ethyl adjacent to an activating group) is 1. The fraction of sp³-hybridized carbons (Fsp3) is 0.571. The number of hydrogen-bond donors (Lipinski definition) is 1. The molecular weight excluding hydrogens is 521 g/mol. The third-order valence-electron chi connectivity index (χ3n) is 8.56. The number of piperazine rings is 1. The molecule has 4 aliphatic rings. The van der Waals surface area contributed by atoms with E-state index in [2.05, 4.69) is 22.2 Å². The smallest absolute Gasteiger partial charge is 0.252 e. The predicted molar refractivity (Wildman–Crippen MR) is 146 cm³/mol. The number of aromatic nitrogens is 1. The zero-order valence-electron chi connectivity index (χ0n) is 22.1. The van der Waals surface area contributed by atoms with Crippen molar-refractivity contribution in [3.05, 3.63) is 35.2 Å². The van der Waals surface area contributed by atoms with E-state index in [9.17, 15) is 18.8 Å². The van der Waals surface area contributed by atoms with Gasteiger partial charge in [-0.3, -0.25) is 14.4 Å². The number of carbonyl (C=O) groups excluding carboxylic acids is 3. The van der Waals surface area contributed by atoms with Crippen LogP contribution in [0.25, 0.3) is 11.3 Å². The van der Waals surface area contributed by atoms with Gasteiger partial charge in [0.1, 0.15) is 30.5 Å². The number of nitrogens with zero attached hydrogens (tertiary/aromatic N) is 4. The number of ether oxygens (including phenoxy) is 1. The molecule has 0 unspecified atom stereocenters. The molecule has 0 bridgehead atoms. The van der Waals surface area contributed by atoms with Gasteiger partial charge in [-0.25, -0.2) is 9.37 Å². The van der Waals surface area contributed by atoms with Crippen LogP contribution < -0.4 is 10.2 Å². The summed E-state index contributed by atoms with van der Waals surface area (Å²) in [5.41, 5.74) is 1.07. The minimum Gasteiger partial charge on any atom is -0.365 e. The first-order valence-electron chi connectivity index (χ1n) is 13.8. The maximum atomic E-state index is 14.6. The molecule has 0 radical (unpaired) electrons. The minimum atomic E-state index is -1.41. The van der Waals surface area contributed by atoms with Crippen LogP contribution in [0.3, 0.4) is 0 Å². The van der Waals surface area contributed by atoms with Gasteiger partial charge < -0.3 is 24.8 Å². The molecule has 1 aromatic carbocycles. The Bertz CT molecular complexity index is 1240. The number of ketones is 1. The van der Waals surface area contributed by atoms with Crippen LogP contribution in [0.15, 0.2) is 29.6 Å². The van der Waals surface area contributed by atoms with E-state index in [0.29, 0.717) is 18.4 Å². The summed E-state index contributed by atoms with van der Waals surface area (Å²) in [6, 6.07) is 6.34. The molecular formula is C28H34FN5O4S. The average Bonchev–Trinajstić information content (AvgIpc) is 3.67. The van der Waals surface area contributed by atoms with Crippen molar-refractivity contribution in [1.29, 1.82) is 0 Å². The van der Waals surface area contributed by atoms with Crippen molar-refractivity contribution in [1.82, 2.24) is 20.1 Å². The second kappa shape index (κ2) is 10.6. The highest BCUT2D eigenvalue weighted by molar-refractivity contribution is 7.14. The fourth-order valence-electron chi connectivity index (χ4n) is 6.25. The summed E-state index contributed by atoms with van der Waals surface area (Å²) in [6.45, 7) is 3.57. The summed E-state index contributed by atoms with van der Waals surface area (Å²) >= 11 is 1.62. The summed E-state index contributed by atoms with van der Waals surface area (Å²) in [4.78, 5) is 50.4. The normalized spacial score (nSPS) is 27.0. The third-order valence-corrected chi connectivity index (χ3v) is 9.46. The lowest BCUT2D eigenvalue weighted by Crippen LogP contribution is -2.62. The van der Waals surface area contributed by atoms with Crippen LogP contribution in [0.5, 0.6) is 0 Å². The van der Waals surface area contributed by atoms with Gasteiger partial charge in [0.05, 0.1) is 12.2 Å². The van der Waals surface area contributed by atoms with E-state index >= 15 is 0 Å². The Morgan fingerprint density at radius 2 is 1.82 bits per heavy atom. The molecule has 9 nitrogen and oxygen atoms in total. The van der Waals surface area contributed by atoms with Crippen molar-refractivity contribution in [3.63, 3.8) is 0 Å². The van der Waals surface area contributed by atoms with Gasteiger partial charge in [-0.2, -0.15) is 0 Å². The molecule has 1 N–H and O–H groups in total. The summed E-state index contributed by atoms with van der Waals surface area (Å²) in [5, 5.41) is 6.05. The molecule has 4 heterocycles. The summed E-state index contributed by atoms with van der Waals surface area (Å²) < 4.78 is 19.9. The maximum Gasteiger partial charge on any atom is 0.252 e. The largest absolute Gasteiger partial charge is 0.365 e. The third kappa shape index (κ3) is 4.96. The first kappa shape index (κ1) is 26.3. The Balaban J connectivity index is 1.17. The van der Waals surface area contributed by atoms with Gasteiger partial charge in [0, 0.05) is 42.7 Å². The number of amides is 2. The molecule has 3 saturated heterocycles. The van der Waals surface area contributed by atoms with Gasteiger partial charge in [-0.05, 0) is 32.0 Å². The Kier molecular flexibility index (Phi) is 7.15. The highest BCUT2D eigenvalue weighted by Gasteiger charge is 2.56. The van der Waals surface area contributed by atoms with E-state index in [1.165, 1.54) is 4.90 Å². The minimum absolute atomic E-state index is 0.179. The summed E-state index contributed by atoms with van der Waals surface area (Å²) in [7, 11) is 2.13. The second-order valence-electron chi connectivity index (χ2n) is 11.1.